The Kier molecular flexibility index (Phi) is 9.90. The van der Waals surface area contributed by atoms with E-state index < -0.39 is 5.60 Å². The summed E-state index contributed by atoms with van der Waals surface area (Å²) in [7, 11) is 4.24. The third-order valence-corrected chi connectivity index (χ3v) is 6.05. The first-order valence-corrected chi connectivity index (χ1v) is 11.5. The maximum absolute atomic E-state index is 11.9. The molecule has 0 aliphatic heterocycles. The number of nitrogens with zero attached hydrogens (tertiary/aromatic N) is 1. The molecule has 29 heavy (non-hydrogen) atoms. The summed E-state index contributed by atoms with van der Waals surface area (Å²) in [5.41, 5.74) is 4.36. The fourth-order valence-electron chi connectivity index (χ4n) is 4.23. The summed E-state index contributed by atoms with van der Waals surface area (Å²) in [6.45, 7) is 5.50. The van der Waals surface area contributed by atoms with Crippen molar-refractivity contribution >= 4 is 0 Å². The van der Waals surface area contributed by atoms with Gasteiger partial charge in [-0.2, -0.15) is 0 Å². The number of unbranched alkanes of at least 4 members (excludes halogenated alkanes) is 4. The van der Waals surface area contributed by atoms with Crippen molar-refractivity contribution in [3.8, 4) is 0 Å². The van der Waals surface area contributed by atoms with Gasteiger partial charge in [-0.1, -0.05) is 81.1 Å². The van der Waals surface area contributed by atoms with Crippen LogP contribution in [0.1, 0.15) is 80.5 Å². The molecule has 2 nitrogen and oxygen atoms in total. The minimum Gasteiger partial charge on any atom is -0.385 e. The minimum atomic E-state index is -0.723. The van der Waals surface area contributed by atoms with Crippen molar-refractivity contribution in [2.45, 2.75) is 77.2 Å². The summed E-state index contributed by atoms with van der Waals surface area (Å²) in [6.07, 6.45) is 9.56. The van der Waals surface area contributed by atoms with E-state index >= 15 is 0 Å². The van der Waals surface area contributed by atoms with Crippen LogP contribution in [-0.2, 0) is 12.0 Å². The van der Waals surface area contributed by atoms with Crippen LogP contribution in [0.15, 0.2) is 48.5 Å². The number of benzene rings is 2. The molecule has 0 aliphatic carbocycles. The molecule has 0 aromatic heterocycles. The molecule has 0 amide bonds. The van der Waals surface area contributed by atoms with E-state index in [2.05, 4.69) is 81.4 Å². The zero-order valence-corrected chi connectivity index (χ0v) is 19.1. The van der Waals surface area contributed by atoms with Crippen LogP contribution < -0.4 is 0 Å². The third kappa shape index (κ3) is 7.60. The Morgan fingerprint density at radius 1 is 0.793 bits per heavy atom. The van der Waals surface area contributed by atoms with Gasteiger partial charge in [0.15, 0.2) is 0 Å². The summed E-state index contributed by atoms with van der Waals surface area (Å²) < 4.78 is 0. The minimum absolute atomic E-state index is 0.723. The van der Waals surface area contributed by atoms with Gasteiger partial charge in [-0.15, -0.1) is 0 Å². The standard InChI is InChI=1S/C27H41NO/c1-5-6-7-12-19-27(29,20-13-14-21-28(3)4)26-18-11-10-17-25(26)22-24-16-9-8-15-23(24)2/h8-11,15-18,29H,5-7,12-14,19-22H2,1-4H3. The predicted octanol–water partition coefficient (Wildman–Crippen LogP) is 6.48. The molecular formula is C27H41NO. The highest BCUT2D eigenvalue weighted by molar-refractivity contribution is 5.38. The summed E-state index contributed by atoms with van der Waals surface area (Å²) in [6, 6.07) is 17.2. The Balaban J connectivity index is 2.22. The molecule has 1 N–H and O–H groups in total. The van der Waals surface area contributed by atoms with E-state index in [0.29, 0.717) is 0 Å². The van der Waals surface area contributed by atoms with Gasteiger partial charge in [0.25, 0.3) is 0 Å². The lowest BCUT2D eigenvalue weighted by atomic mass is 9.80. The third-order valence-electron chi connectivity index (χ3n) is 6.05. The fourth-order valence-corrected chi connectivity index (χ4v) is 4.23. The number of hydrogen-bond acceptors (Lipinski definition) is 2. The molecule has 2 heteroatoms. The molecule has 0 spiro atoms. The molecule has 160 valence electrons. The van der Waals surface area contributed by atoms with Gasteiger partial charge in [-0.25, -0.2) is 0 Å². The largest absolute Gasteiger partial charge is 0.385 e. The van der Waals surface area contributed by atoms with Gasteiger partial charge >= 0.3 is 0 Å². The summed E-state index contributed by atoms with van der Waals surface area (Å²) >= 11 is 0. The van der Waals surface area contributed by atoms with E-state index in [1.807, 2.05) is 0 Å². The first kappa shape index (κ1) is 23.6. The van der Waals surface area contributed by atoms with Gasteiger partial charge in [-0.3, -0.25) is 0 Å². The molecule has 0 fully saturated rings. The predicted molar refractivity (Wildman–Crippen MR) is 125 cm³/mol. The second kappa shape index (κ2) is 12.1. The van der Waals surface area contributed by atoms with Crippen LogP contribution in [0.4, 0.5) is 0 Å². The number of aliphatic hydroxyl groups is 1. The van der Waals surface area contributed by atoms with Crippen LogP contribution in [-0.4, -0.2) is 30.6 Å². The molecule has 0 aliphatic rings. The molecule has 0 saturated heterocycles. The van der Waals surface area contributed by atoms with Gasteiger partial charge in [0, 0.05) is 0 Å². The molecule has 0 bridgehead atoms. The Morgan fingerprint density at radius 3 is 2.07 bits per heavy atom. The van der Waals surface area contributed by atoms with Crippen LogP contribution in [0, 0.1) is 6.92 Å². The monoisotopic (exact) mass is 395 g/mol. The van der Waals surface area contributed by atoms with E-state index in [4.69, 9.17) is 0 Å². The maximum Gasteiger partial charge on any atom is 0.0899 e. The highest BCUT2D eigenvalue weighted by Gasteiger charge is 2.30. The van der Waals surface area contributed by atoms with Gasteiger partial charge in [-0.05, 0) is 81.9 Å². The first-order chi connectivity index (χ1) is 14.0. The second-order valence-corrected chi connectivity index (χ2v) is 8.86. The lowest BCUT2D eigenvalue weighted by Gasteiger charge is -2.31. The molecule has 2 rings (SSSR count). The van der Waals surface area contributed by atoms with Crippen LogP contribution in [0.25, 0.3) is 0 Å². The second-order valence-electron chi connectivity index (χ2n) is 8.86. The average molecular weight is 396 g/mol. The smallest absolute Gasteiger partial charge is 0.0899 e. The Morgan fingerprint density at radius 2 is 1.41 bits per heavy atom. The van der Waals surface area contributed by atoms with Crippen LogP contribution in [0.2, 0.25) is 0 Å². The van der Waals surface area contributed by atoms with E-state index in [1.165, 1.54) is 36.0 Å². The van der Waals surface area contributed by atoms with E-state index in [9.17, 15) is 5.11 Å². The zero-order chi connectivity index (χ0) is 21.1. The molecule has 2 aromatic rings. The van der Waals surface area contributed by atoms with Crippen molar-refractivity contribution in [3.63, 3.8) is 0 Å². The van der Waals surface area contributed by atoms with Gasteiger partial charge in [0.2, 0.25) is 0 Å². The molecule has 1 unspecified atom stereocenters. The van der Waals surface area contributed by atoms with E-state index in [0.717, 1.165) is 50.6 Å². The average Bonchev–Trinajstić information content (AvgIpc) is 2.71. The Labute approximate surface area is 179 Å². The maximum atomic E-state index is 11.9. The van der Waals surface area contributed by atoms with Crippen molar-refractivity contribution < 1.29 is 5.11 Å². The van der Waals surface area contributed by atoms with Crippen LogP contribution in [0.3, 0.4) is 0 Å². The number of aryl methyl sites for hydroxylation is 1. The normalized spacial score (nSPS) is 13.6. The highest BCUT2D eigenvalue weighted by Crippen LogP contribution is 2.36. The molecule has 1 atom stereocenters. The zero-order valence-electron chi connectivity index (χ0n) is 19.1. The van der Waals surface area contributed by atoms with E-state index in [-0.39, 0.29) is 0 Å². The summed E-state index contributed by atoms with van der Waals surface area (Å²) in [5.74, 6) is 0. The van der Waals surface area contributed by atoms with Crippen molar-refractivity contribution in [1.82, 2.24) is 4.90 Å². The number of hydrogen-bond donors (Lipinski definition) is 1. The molecule has 0 radical (unpaired) electrons. The van der Waals surface area contributed by atoms with Gasteiger partial charge < -0.3 is 10.0 Å². The molecular weight excluding hydrogens is 354 g/mol. The summed E-state index contributed by atoms with van der Waals surface area (Å²) in [4.78, 5) is 2.23. The van der Waals surface area contributed by atoms with Crippen LogP contribution in [0.5, 0.6) is 0 Å². The van der Waals surface area contributed by atoms with Crippen molar-refractivity contribution in [2.75, 3.05) is 20.6 Å². The van der Waals surface area contributed by atoms with Crippen molar-refractivity contribution in [2.24, 2.45) is 0 Å². The number of rotatable bonds is 13. The Hall–Kier alpha value is -1.64. The molecule has 2 aromatic carbocycles. The van der Waals surface area contributed by atoms with Crippen molar-refractivity contribution in [3.05, 3.63) is 70.8 Å². The van der Waals surface area contributed by atoms with Gasteiger partial charge in [0.05, 0.1) is 5.60 Å². The SMILES string of the molecule is CCCCCCC(O)(CCCCN(C)C)c1ccccc1Cc1ccccc1C. The lowest BCUT2D eigenvalue weighted by Crippen LogP contribution is -2.28. The lowest BCUT2D eigenvalue weighted by molar-refractivity contribution is 0.0123. The quantitative estimate of drug-likeness (QED) is 0.393. The summed E-state index contributed by atoms with van der Waals surface area (Å²) in [5, 5.41) is 11.9. The van der Waals surface area contributed by atoms with Crippen LogP contribution >= 0.6 is 0 Å². The first-order valence-electron chi connectivity index (χ1n) is 11.5. The topological polar surface area (TPSA) is 23.5 Å². The Bertz CT molecular complexity index is 724. The highest BCUT2D eigenvalue weighted by atomic mass is 16.3. The van der Waals surface area contributed by atoms with Crippen molar-refractivity contribution in [1.29, 1.82) is 0 Å². The van der Waals surface area contributed by atoms with E-state index in [1.54, 1.807) is 0 Å². The fraction of sp³-hybridized carbons (Fsp3) is 0.556. The molecule has 0 saturated carbocycles. The van der Waals surface area contributed by atoms with Gasteiger partial charge in [0.1, 0.15) is 0 Å². The molecule has 0 heterocycles.